The second kappa shape index (κ2) is 27.7. The lowest BCUT2D eigenvalue weighted by Gasteiger charge is -2.40. The fraction of sp³-hybridized carbons (Fsp3) is 0.0323. The third-order valence-electron chi connectivity index (χ3n) is 30.1. The van der Waals surface area contributed by atoms with Gasteiger partial charge in [-0.3, -0.25) is 0 Å². The van der Waals surface area contributed by atoms with E-state index in [0.717, 1.165) is 34.1 Å². The molecule has 2 nitrogen and oxygen atoms in total. The molecule has 0 amide bonds. The van der Waals surface area contributed by atoms with Crippen LogP contribution in [-0.2, 0) is 21.7 Å². The van der Waals surface area contributed by atoms with E-state index >= 15 is 0 Å². The van der Waals surface area contributed by atoms with Gasteiger partial charge >= 0.3 is 0 Å². The molecule has 30 rings (SSSR count). The number of benzene rings is 20. The van der Waals surface area contributed by atoms with Crippen LogP contribution < -0.4 is 9.80 Å². The van der Waals surface area contributed by atoms with E-state index in [1.807, 2.05) is 69.7 Å². The van der Waals surface area contributed by atoms with Gasteiger partial charge in [0.15, 0.2) is 0 Å². The van der Waals surface area contributed by atoms with Crippen molar-refractivity contribution >= 4 is 144 Å². The standard InChI is InChI=1S/C124H72N2S6/c1-6-32-92-80(26-1)84-59-54-76(69-104(84)121(92)96-36-10-18-45-112(96)128-113-46-19-11-37-97(113)121)125(75-58-65-110-91(68-75)88-30-5-17-44-109(88)127-110)77-55-60-85-83-29-4-9-35-95(83)124(105(85)70-77)102-42-16-24-51-118(102)131-119-67-74(52-63-103(119)124)73-53-64-111-90(66-73)89-31-25-43-108(120(89)132-111)126(78-56-61-86-81-27-2-7-33-93(81)122(106(86)71-78)98-38-12-20-47-114(98)129-115-48-21-13-39-99(115)122)79-57-62-87-82-28-3-8-34-94(82)123(107(87)72-79)100-40-14-22-49-116(100)130-117-50-23-15-41-101(117)123/h1-72H. The van der Waals surface area contributed by atoms with E-state index in [-0.39, 0.29) is 0 Å². The smallest absolute Gasteiger partial charge is 0.0736 e. The molecule has 0 fully saturated rings. The van der Waals surface area contributed by atoms with Crippen molar-refractivity contribution in [3.63, 3.8) is 0 Å². The van der Waals surface area contributed by atoms with Crippen LogP contribution in [0.1, 0.15) is 89.0 Å². The molecule has 8 aliphatic rings. The lowest BCUT2D eigenvalue weighted by atomic mass is 9.67. The van der Waals surface area contributed by atoms with Crippen LogP contribution in [0.2, 0.25) is 0 Å². The second-order valence-corrected chi connectivity index (χ2v) is 42.6. The zero-order chi connectivity index (χ0) is 86.0. The van der Waals surface area contributed by atoms with Gasteiger partial charge in [0.25, 0.3) is 0 Å². The molecular weight excluding hydrogens is 1710 g/mol. The Bertz CT molecular complexity index is 8560. The highest BCUT2D eigenvalue weighted by atomic mass is 32.2. The largest absolute Gasteiger partial charge is 0.310 e. The zero-order valence-corrected chi connectivity index (χ0v) is 75.8. The van der Waals surface area contributed by atoms with Crippen LogP contribution in [0.25, 0.3) is 96.0 Å². The Labute approximate surface area is 789 Å². The van der Waals surface area contributed by atoms with E-state index in [0.29, 0.717) is 0 Å². The van der Waals surface area contributed by atoms with Gasteiger partial charge in [-0.25, -0.2) is 0 Å². The quantitative estimate of drug-likeness (QED) is 0.156. The highest BCUT2D eigenvalue weighted by Gasteiger charge is 2.56. The van der Waals surface area contributed by atoms with Crippen LogP contribution in [-0.4, -0.2) is 0 Å². The van der Waals surface area contributed by atoms with Crippen molar-refractivity contribution in [2.45, 2.75) is 60.8 Å². The van der Waals surface area contributed by atoms with E-state index in [9.17, 15) is 0 Å². The minimum Gasteiger partial charge on any atom is -0.310 e. The van der Waals surface area contributed by atoms with Crippen molar-refractivity contribution in [2.75, 3.05) is 9.80 Å². The summed E-state index contributed by atoms with van der Waals surface area (Å²) in [6.45, 7) is 0. The minimum atomic E-state index is -0.689. The average molecular weight is 1780 g/mol. The average Bonchev–Trinajstić information content (AvgIpc) is 1.52. The Morgan fingerprint density at radius 1 is 0.159 bits per heavy atom. The number of rotatable bonds is 7. The third-order valence-corrected chi connectivity index (χ3v) is 37.1. The molecule has 0 saturated carbocycles. The number of nitrogens with zero attached hydrogens (tertiary/aromatic N) is 2. The van der Waals surface area contributed by atoms with Crippen LogP contribution >= 0.6 is 69.7 Å². The molecule has 0 radical (unpaired) electrons. The van der Waals surface area contributed by atoms with Crippen molar-refractivity contribution < 1.29 is 0 Å². The first-order valence-corrected chi connectivity index (χ1v) is 50.3. The van der Waals surface area contributed by atoms with Crippen LogP contribution in [0, 0.1) is 0 Å². The predicted octanol–water partition coefficient (Wildman–Crippen LogP) is 34.3. The van der Waals surface area contributed by atoms with E-state index in [2.05, 4.69) is 447 Å². The second-order valence-electron chi connectivity index (χ2n) is 36.1. The van der Waals surface area contributed by atoms with Gasteiger partial charge in [0, 0.05) is 103 Å². The molecule has 132 heavy (non-hydrogen) atoms. The Morgan fingerprint density at radius 2 is 0.439 bits per heavy atom. The maximum atomic E-state index is 2.63. The Kier molecular flexibility index (Phi) is 15.7. The first-order valence-electron chi connectivity index (χ1n) is 45.4. The molecule has 1 unspecified atom stereocenters. The van der Waals surface area contributed by atoms with Gasteiger partial charge in [0.05, 0.1) is 32.0 Å². The maximum Gasteiger partial charge on any atom is 0.0736 e. The van der Waals surface area contributed by atoms with E-state index < -0.39 is 21.7 Å². The van der Waals surface area contributed by atoms with E-state index in [4.69, 9.17) is 0 Å². The normalized spacial score (nSPS) is 15.7. The molecule has 6 heterocycles. The number of thiophene rings is 2. The lowest BCUT2D eigenvalue weighted by molar-refractivity contribution is 0.721. The summed E-state index contributed by atoms with van der Waals surface area (Å²) in [5.41, 5.74) is 37.8. The molecule has 4 aliphatic heterocycles. The molecule has 0 saturated heterocycles. The summed E-state index contributed by atoms with van der Waals surface area (Å²) in [6, 6.07) is 169. The number of anilines is 6. The molecule has 0 N–H and O–H groups in total. The fourth-order valence-corrected chi connectivity index (χ4v) is 32.1. The summed E-state index contributed by atoms with van der Waals surface area (Å²) < 4.78 is 5.05. The molecule has 2 aromatic heterocycles. The highest BCUT2D eigenvalue weighted by Crippen LogP contribution is 2.70. The summed E-state index contributed by atoms with van der Waals surface area (Å²) in [4.78, 5) is 15.5. The number of hydrogen-bond acceptors (Lipinski definition) is 8. The van der Waals surface area contributed by atoms with Crippen molar-refractivity contribution in [2.24, 2.45) is 0 Å². The van der Waals surface area contributed by atoms with Crippen LogP contribution in [0.5, 0.6) is 0 Å². The molecule has 20 aromatic carbocycles. The summed E-state index contributed by atoms with van der Waals surface area (Å²) in [7, 11) is 0. The summed E-state index contributed by atoms with van der Waals surface area (Å²) in [5, 5.41) is 5.01. The highest BCUT2D eigenvalue weighted by molar-refractivity contribution is 8.00. The van der Waals surface area contributed by atoms with Gasteiger partial charge in [-0.15, -0.1) is 22.7 Å². The van der Waals surface area contributed by atoms with Gasteiger partial charge in [-0.05, 0) is 284 Å². The third kappa shape index (κ3) is 9.80. The summed E-state index contributed by atoms with van der Waals surface area (Å²) >= 11 is 11.4. The Balaban J connectivity index is 0.596. The molecule has 0 bridgehead atoms. The predicted molar refractivity (Wildman–Crippen MR) is 553 cm³/mol. The van der Waals surface area contributed by atoms with Gasteiger partial charge in [0.2, 0.25) is 0 Å². The van der Waals surface area contributed by atoms with Crippen LogP contribution in [0.4, 0.5) is 34.1 Å². The van der Waals surface area contributed by atoms with Gasteiger partial charge < -0.3 is 9.80 Å². The molecule has 1 atom stereocenters. The van der Waals surface area contributed by atoms with Crippen molar-refractivity contribution in [1.29, 1.82) is 0 Å². The Hall–Kier alpha value is -14.2. The van der Waals surface area contributed by atoms with Crippen LogP contribution in [0.15, 0.2) is 476 Å². The fourth-order valence-electron chi connectivity index (χ4n) is 25.0. The number of fused-ring (bicyclic) bond motifs is 42. The topological polar surface area (TPSA) is 6.48 Å². The molecule has 4 spiro atoms. The monoisotopic (exact) mass is 1780 g/mol. The van der Waals surface area contributed by atoms with Crippen molar-refractivity contribution in [1.82, 2.24) is 0 Å². The van der Waals surface area contributed by atoms with Crippen molar-refractivity contribution in [3.8, 4) is 55.6 Å². The van der Waals surface area contributed by atoms with Crippen molar-refractivity contribution in [3.05, 3.63) is 526 Å². The molecule has 4 aliphatic carbocycles. The maximum absolute atomic E-state index is 2.63. The summed E-state index contributed by atoms with van der Waals surface area (Å²) in [6.07, 6.45) is 0. The van der Waals surface area contributed by atoms with Gasteiger partial charge in [-0.2, -0.15) is 0 Å². The summed E-state index contributed by atoms with van der Waals surface area (Å²) in [5.74, 6) is 0. The van der Waals surface area contributed by atoms with E-state index in [1.165, 1.54) is 224 Å². The SMILES string of the molecule is c1ccc2c(c1)Sc1ccccc1C21c2ccccc2-c2ccc(N(c3ccc4c(c3)C3(c5ccccc5Sc5cc(-c6ccc7sc8c(N(c9ccc%10c(c9)C9(c%11ccccc%11Sc%11ccccc%119)c9ccccc9-%10)c9ccc%10c(c9)C9(c%11ccccc%11Sc%11ccccc%119)c9ccccc9-%10)cccc8c7c6)ccc53)c3ccccc3-4)c3ccc4sc5ccccc5c4c3)cc21. The number of hydrogen-bond donors (Lipinski definition) is 0. The van der Waals surface area contributed by atoms with Gasteiger partial charge in [-0.1, -0.05) is 344 Å². The lowest BCUT2D eigenvalue weighted by Crippen LogP contribution is -2.32. The first kappa shape index (κ1) is 74.6. The molecule has 614 valence electrons. The first-order chi connectivity index (χ1) is 65.4. The minimum absolute atomic E-state index is 0.565. The zero-order valence-electron chi connectivity index (χ0n) is 70.9. The molecule has 22 aromatic rings. The van der Waals surface area contributed by atoms with Crippen LogP contribution in [0.3, 0.4) is 0 Å². The van der Waals surface area contributed by atoms with E-state index in [1.54, 1.807) is 0 Å². The van der Waals surface area contributed by atoms with Gasteiger partial charge in [0.1, 0.15) is 0 Å². The molecular formula is C124H72N2S6. The Morgan fingerprint density at radius 3 is 0.856 bits per heavy atom. The molecule has 8 heteroatoms.